The zero-order valence-corrected chi connectivity index (χ0v) is 13.8. The van der Waals surface area contributed by atoms with Crippen LogP contribution < -0.4 is 10.2 Å². The molecule has 0 spiro atoms. The van der Waals surface area contributed by atoms with Crippen molar-refractivity contribution < 1.29 is 9.53 Å². The normalized spacial score (nSPS) is 20.6. The molecule has 4 heteroatoms. The quantitative estimate of drug-likeness (QED) is 0.871. The van der Waals surface area contributed by atoms with Crippen LogP contribution in [0, 0.1) is 0 Å². The largest absolute Gasteiger partial charge is 0.459 e. The fourth-order valence-corrected chi connectivity index (χ4v) is 3.03. The summed E-state index contributed by atoms with van der Waals surface area (Å²) >= 11 is 0. The number of hydrogen-bond acceptors (Lipinski definition) is 4. The minimum atomic E-state index is -0.423. The Bertz CT molecular complexity index is 535. The average Bonchev–Trinajstić information content (AvgIpc) is 3.28. The number of rotatable bonds is 3. The monoisotopic (exact) mass is 302 g/mol. The Morgan fingerprint density at radius 2 is 1.73 bits per heavy atom. The molecule has 22 heavy (non-hydrogen) atoms. The SMILES string of the molecule is CC(C)(C)OC(=O)C1(c2ccc(N3CCNCC3)cc2)CC1. The molecule has 2 fully saturated rings. The Labute approximate surface area is 132 Å². The van der Waals surface area contributed by atoms with Crippen LogP contribution in [0.5, 0.6) is 0 Å². The van der Waals surface area contributed by atoms with Crippen LogP contribution in [0.15, 0.2) is 24.3 Å². The molecule has 0 radical (unpaired) electrons. The summed E-state index contributed by atoms with van der Waals surface area (Å²) in [6.07, 6.45) is 1.80. The highest BCUT2D eigenvalue weighted by Gasteiger charge is 2.53. The van der Waals surface area contributed by atoms with Crippen LogP contribution in [0.25, 0.3) is 0 Å². The lowest BCUT2D eigenvalue weighted by Gasteiger charge is -2.30. The minimum absolute atomic E-state index is 0.0741. The van der Waals surface area contributed by atoms with E-state index in [1.807, 2.05) is 20.8 Å². The van der Waals surface area contributed by atoms with Gasteiger partial charge in [-0.05, 0) is 51.3 Å². The zero-order chi connectivity index (χ0) is 15.8. The molecule has 0 bridgehead atoms. The number of hydrogen-bond donors (Lipinski definition) is 1. The molecular weight excluding hydrogens is 276 g/mol. The molecule has 4 nitrogen and oxygen atoms in total. The molecule has 1 aliphatic heterocycles. The highest BCUT2D eigenvalue weighted by molar-refractivity contribution is 5.87. The molecule has 1 N–H and O–H groups in total. The van der Waals surface area contributed by atoms with Gasteiger partial charge in [-0.15, -0.1) is 0 Å². The molecule has 2 aliphatic rings. The van der Waals surface area contributed by atoms with Crippen molar-refractivity contribution in [2.45, 2.75) is 44.6 Å². The van der Waals surface area contributed by atoms with E-state index in [2.05, 4.69) is 34.5 Å². The molecule has 120 valence electrons. The first kappa shape index (κ1) is 15.3. The van der Waals surface area contributed by atoms with Crippen molar-refractivity contribution in [3.63, 3.8) is 0 Å². The number of ether oxygens (including phenoxy) is 1. The summed E-state index contributed by atoms with van der Waals surface area (Å²) in [5.74, 6) is -0.0741. The van der Waals surface area contributed by atoms with E-state index in [0.717, 1.165) is 44.6 Å². The van der Waals surface area contributed by atoms with Gasteiger partial charge in [-0.3, -0.25) is 4.79 Å². The topological polar surface area (TPSA) is 41.6 Å². The Hall–Kier alpha value is -1.55. The molecule has 0 atom stereocenters. The number of esters is 1. The first-order valence-corrected chi connectivity index (χ1v) is 8.20. The van der Waals surface area contributed by atoms with Gasteiger partial charge in [0.2, 0.25) is 0 Å². The number of carbonyl (C=O) groups is 1. The molecule has 1 heterocycles. The average molecular weight is 302 g/mol. The van der Waals surface area contributed by atoms with Crippen molar-refractivity contribution in [3.05, 3.63) is 29.8 Å². The van der Waals surface area contributed by atoms with E-state index in [4.69, 9.17) is 4.74 Å². The lowest BCUT2D eigenvalue weighted by atomic mass is 9.95. The van der Waals surface area contributed by atoms with Gasteiger partial charge in [0.05, 0.1) is 5.41 Å². The van der Waals surface area contributed by atoms with E-state index in [1.165, 1.54) is 5.69 Å². The first-order valence-electron chi connectivity index (χ1n) is 8.20. The van der Waals surface area contributed by atoms with Crippen molar-refractivity contribution >= 4 is 11.7 Å². The fraction of sp³-hybridized carbons (Fsp3) is 0.611. The molecule has 3 rings (SSSR count). The maximum absolute atomic E-state index is 12.5. The lowest BCUT2D eigenvalue weighted by Crippen LogP contribution is -2.43. The van der Waals surface area contributed by atoms with Gasteiger partial charge < -0.3 is 15.0 Å². The third-order valence-electron chi connectivity index (χ3n) is 4.44. The minimum Gasteiger partial charge on any atom is -0.459 e. The molecule has 1 aliphatic carbocycles. The van der Waals surface area contributed by atoms with Gasteiger partial charge in [-0.25, -0.2) is 0 Å². The standard InChI is InChI=1S/C18H26N2O2/c1-17(2,3)22-16(21)18(8-9-18)14-4-6-15(7-5-14)20-12-10-19-11-13-20/h4-7,19H,8-13H2,1-3H3. The predicted molar refractivity (Wildman–Crippen MR) is 88.3 cm³/mol. The number of nitrogens with zero attached hydrogens (tertiary/aromatic N) is 1. The summed E-state index contributed by atoms with van der Waals surface area (Å²) in [5.41, 5.74) is 1.52. The second-order valence-electron chi connectivity index (χ2n) is 7.37. The molecule has 1 saturated heterocycles. The maximum Gasteiger partial charge on any atom is 0.317 e. The Balaban J connectivity index is 1.73. The van der Waals surface area contributed by atoms with Gasteiger partial charge in [-0.2, -0.15) is 0 Å². The van der Waals surface area contributed by atoms with Gasteiger partial charge in [-0.1, -0.05) is 12.1 Å². The van der Waals surface area contributed by atoms with Gasteiger partial charge in [0, 0.05) is 31.9 Å². The van der Waals surface area contributed by atoms with Crippen LogP contribution in [0.3, 0.4) is 0 Å². The van der Waals surface area contributed by atoms with Gasteiger partial charge >= 0.3 is 5.97 Å². The predicted octanol–water partition coefficient (Wildman–Crippen LogP) is 2.47. The number of piperazine rings is 1. The number of carbonyl (C=O) groups excluding carboxylic acids is 1. The smallest absolute Gasteiger partial charge is 0.317 e. The van der Waals surface area contributed by atoms with Crippen LogP contribution in [-0.4, -0.2) is 37.7 Å². The number of nitrogens with one attached hydrogen (secondary N) is 1. The van der Waals surface area contributed by atoms with E-state index >= 15 is 0 Å². The summed E-state index contributed by atoms with van der Waals surface area (Å²) < 4.78 is 5.61. The van der Waals surface area contributed by atoms with E-state index in [1.54, 1.807) is 0 Å². The van der Waals surface area contributed by atoms with Crippen molar-refractivity contribution in [3.8, 4) is 0 Å². The van der Waals surface area contributed by atoms with E-state index in [0.29, 0.717) is 0 Å². The maximum atomic E-state index is 12.5. The summed E-state index contributed by atoms with van der Waals surface area (Å²) in [4.78, 5) is 14.9. The summed E-state index contributed by atoms with van der Waals surface area (Å²) in [7, 11) is 0. The molecule has 0 aromatic heterocycles. The number of anilines is 1. The third-order valence-corrected chi connectivity index (χ3v) is 4.44. The van der Waals surface area contributed by atoms with Gasteiger partial charge in [0.1, 0.15) is 5.60 Å². The highest BCUT2D eigenvalue weighted by atomic mass is 16.6. The van der Waals surface area contributed by atoms with Crippen molar-refractivity contribution in [1.82, 2.24) is 5.32 Å². The Kier molecular flexibility index (Phi) is 3.89. The van der Waals surface area contributed by atoms with Crippen LogP contribution in [0.4, 0.5) is 5.69 Å². The van der Waals surface area contributed by atoms with E-state index < -0.39 is 11.0 Å². The van der Waals surface area contributed by atoms with Gasteiger partial charge in [0.15, 0.2) is 0 Å². The molecule has 0 amide bonds. The van der Waals surface area contributed by atoms with Gasteiger partial charge in [0.25, 0.3) is 0 Å². The van der Waals surface area contributed by atoms with Crippen LogP contribution in [0.1, 0.15) is 39.2 Å². The first-order chi connectivity index (χ1) is 10.4. The molecular formula is C18H26N2O2. The summed E-state index contributed by atoms with van der Waals surface area (Å²) in [5, 5.41) is 3.36. The molecule has 1 aromatic rings. The van der Waals surface area contributed by atoms with Crippen molar-refractivity contribution in [1.29, 1.82) is 0 Å². The zero-order valence-electron chi connectivity index (χ0n) is 13.8. The summed E-state index contributed by atoms with van der Waals surface area (Å²) in [6, 6.07) is 8.50. The third kappa shape index (κ3) is 3.12. The fourth-order valence-electron chi connectivity index (χ4n) is 3.03. The van der Waals surface area contributed by atoms with Crippen LogP contribution in [0.2, 0.25) is 0 Å². The number of benzene rings is 1. The van der Waals surface area contributed by atoms with Crippen molar-refractivity contribution in [2.75, 3.05) is 31.1 Å². The van der Waals surface area contributed by atoms with E-state index in [9.17, 15) is 4.79 Å². The second-order valence-corrected chi connectivity index (χ2v) is 7.37. The molecule has 1 saturated carbocycles. The van der Waals surface area contributed by atoms with Crippen LogP contribution in [-0.2, 0) is 14.9 Å². The lowest BCUT2D eigenvalue weighted by molar-refractivity contribution is -0.158. The summed E-state index contributed by atoms with van der Waals surface area (Å²) in [6.45, 7) is 9.91. The Morgan fingerprint density at radius 1 is 1.14 bits per heavy atom. The van der Waals surface area contributed by atoms with Crippen LogP contribution >= 0.6 is 0 Å². The highest BCUT2D eigenvalue weighted by Crippen LogP contribution is 2.50. The van der Waals surface area contributed by atoms with Crippen molar-refractivity contribution in [2.24, 2.45) is 0 Å². The van der Waals surface area contributed by atoms with E-state index in [-0.39, 0.29) is 5.97 Å². The molecule has 1 aromatic carbocycles. The second kappa shape index (κ2) is 5.58. The Morgan fingerprint density at radius 3 is 2.23 bits per heavy atom. The molecule has 0 unspecified atom stereocenters.